The number of nitrogens with zero attached hydrogens (tertiary/aromatic N) is 5. The van der Waals surface area contributed by atoms with Gasteiger partial charge in [-0.3, -0.25) is 4.79 Å². The Morgan fingerprint density at radius 3 is 2.47 bits per heavy atom. The fourth-order valence-corrected chi connectivity index (χ4v) is 6.44. The van der Waals surface area contributed by atoms with Crippen molar-refractivity contribution in [2.75, 3.05) is 31.6 Å². The molecule has 9 nitrogen and oxygen atoms in total. The molecule has 2 amide bonds. The maximum absolute atomic E-state index is 13.8. The molecule has 3 heterocycles. The van der Waals surface area contributed by atoms with Gasteiger partial charge in [0.1, 0.15) is 18.4 Å². The van der Waals surface area contributed by atoms with E-state index in [4.69, 9.17) is 4.74 Å². The summed E-state index contributed by atoms with van der Waals surface area (Å²) in [6, 6.07) is 7.35. The van der Waals surface area contributed by atoms with Gasteiger partial charge in [-0.2, -0.15) is 5.10 Å². The zero-order valence-corrected chi connectivity index (χ0v) is 23.7. The summed E-state index contributed by atoms with van der Waals surface area (Å²) < 4.78 is 7.80. The van der Waals surface area contributed by atoms with Crippen LogP contribution in [0.4, 0.5) is 10.5 Å². The molecule has 2 aliphatic rings. The molecule has 2 fully saturated rings. The van der Waals surface area contributed by atoms with Crippen LogP contribution in [0.25, 0.3) is 10.9 Å². The van der Waals surface area contributed by atoms with E-state index >= 15 is 0 Å². The van der Waals surface area contributed by atoms with Gasteiger partial charge in [0.25, 0.3) is 0 Å². The quantitative estimate of drug-likeness (QED) is 0.450. The van der Waals surface area contributed by atoms with Crippen molar-refractivity contribution in [3.8, 4) is 0 Å². The number of benzene rings is 1. The van der Waals surface area contributed by atoms with Gasteiger partial charge in [0.05, 0.1) is 11.7 Å². The Kier molecular flexibility index (Phi) is 6.89. The van der Waals surface area contributed by atoms with Crippen LogP contribution in [0, 0.1) is 5.41 Å². The van der Waals surface area contributed by atoms with Gasteiger partial charge in [0.2, 0.25) is 5.91 Å². The van der Waals surface area contributed by atoms with Crippen LogP contribution >= 0.6 is 0 Å². The van der Waals surface area contributed by atoms with Crippen molar-refractivity contribution in [1.29, 1.82) is 0 Å². The van der Waals surface area contributed by atoms with E-state index in [1.165, 1.54) is 4.90 Å². The van der Waals surface area contributed by atoms with Crippen LogP contribution in [0.5, 0.6) is 0 Å². The number of likely N-dealkylation sites (tertiary alicyclic amines) is 1. The fourth-order valence-electron chi connectivity index (χ4n) is 5.69. The van der Waals surface area contributed by atoms with Crippen molar-refractivity contribution in [3.63, 3.8) is 0 Å². The van der Waals surface area contributed by atoms with Gasteiger partial charge in [-0.15, -0.1) is 0 Å². The minimum absolute atomic E-state index is 0.0686. The fraction of sp³-hybridized carbons (Fsp3) is 0.654. The number of rotatable bonds is 6. The number of hydrogen-bond acceptors (Lipinski definition) is 5. The number of amides is 2. The molecule has 1 atom stereocenters. The minimum Gasteiger partial charge on any atom is -0.465 e. The first-order valence-electron chi connectivity index (χ1n) is 12.8. The van der Waals surface area contributed by atoms with Crippen LogP contribution < -0.4 is 4.90 Å². The lowest BCUT2D eigenvalue weighted by Gasteiger charge is -2.47. The molecule has 4 rings (SSSR count). The standard InChI is InChI=1S/C26H41N5O4Si/c1-25(2,3)22-28(4)23(32)26(10-12-29(13-11-26)24(33)34)31(22)20-8-9-21-19(16-20)17-27-30(21)18-35-14-15-36(5,6)7/h8-9,16-17,22H,10-15,18H2,1-7H3,(H,33,34). The number of aromatic nitrogens is 2. The molecular weight excluding hydrogens is 474 g/mol. The summed E-state index contributed by atoms with van der Waals surface area (Å²) in [5, 5.41) is 15.0. The van der Waals surface area contributed by atoms with Gasteiger partial charge in [0.15, 0.2) is 0 Å². The van der Waals surface area contributed by atoms with Gasteiger partial charge in [-0.1, -0.05) is 40.4 Å². The molecule has 10 heteroatoms. The Balaban J connectivity index is 1.66. The minimum atomic E-state index is -1.15. The first kappa shape index (κ1) is 26.5. The SMILES string of the molecule is CN1C(=O)C2(CCN(C(=O)O)CC2)N(c2ccc3c(cnn3COCC[Si](C)(C)C)c2)C1C(C)(C)C. The molecule has 2 aromatic rings. The number of carboxylic acid groups (broad SMARTS) is 1. The molecule has 2 saturated heterocycles. The molecule has 36 heavy (non-hydrogen) atoms. The third kappa shape index (κ3) is 4.85. The highest BCUT2D eigenvalue weighted by atomic mass is 28.3. The van der Waals surface area contributed by atoms with E-state index in [0.29, 0.717) is 32.7 Å². The smallest absolute Gasteiger partial charge is 0.407 e. The topological polar surface area (TPSA) is 91.1 Å². The molecule has 1 spiro atoms. The average molecular weight is 516 g/mol. The first-order valence-corrected chi connectivity index (χ1v) is 16.5. The number of likely N-dealkylation sites (N-methyl/N-ethyl adjacent to an activating group) is 1. The molecule has 0 saturated carbocycles. The number of carbonyl (C=O) groups excluding carboxylic acids is 1. The van der Waals surface area contributed by atoms with Gasteiger partial charge in [-0.25, -0.2) is 9.48 Å². The van der Waals surface area contributed by atoms with Gasteiger partial charge < -0.3 is 24.5 Å². The summed E-state index contributed by atoms with van der Waals surface area (Å²) in [4.78, 5) is 30.9. The molecule has 0 aliphatic carbocycles. The zero-order chi connectivity index (χ0) is 26.5. The highest BCUT2D eigenvalue weighted by Gasteiger charge is 2.59. The van der Waals surface area contributed by atoms with E-state index in [1.54, 1.807) is 0 Å². The van der Waals surface area contributed by atoms with Crippen molar-refractivity contribution in [1.82, 2.24) is 19.6 Å². The Morgan fingerprint density at radius 2 is 1.89 bits per heavy atom. The first-order chi connectivity index (χ1) is 16.7. The maximum Gasteiger partial charge on any atom is 0.407 e. The predicted molar refractivity (Wildman–Crippen MR) is 144 cm³/mol. The molecule has 0 bridgehead atoms. The largest absolute Gasteiger partial charge is 0.465 e. The third-order valence-electron chi connectivity index (χ3n) is 7.54. The second-order valence-electron chi connectivity index (χ2n) is 12.6. The summed E-state index contributed by atoms with van der Waals surface area (Å²) in [5.74, 6) is 0.0686. The summed E-state index contributed by atoms with van der Waals surface area (Å²) in [5.41, 5.74) is 0.986. The summed E-state index contributed by atoms with van der Waals surface area (Å²) in [6.45, 7) is 15.3. The van der Waals surface area contributed by atoms with Crippen molar-refractivity contribution in [2.45, 2.75) is 77.7 Å². The van der Waals surface area contributed by atoms with Crippen LogP contribution in [-0.4, -0.2) is 83.2 Å². The van der Waals surface area contributed by atoms with Crippen LogP contribution in [0.2, 0.25) is 25.7 Å². The summed E-state index contributed by atoms with van der Waals surface area (Å²) in [7, 11) is 0.726. The number of ether oxygens (including phenoxy) is 1. The van der Waals surface area contributed by atoms with Gasteiger partial charge in [-0.05, 0) is 37.1 Å². The highest BCUT2D eigenvalue weighted by molar-refractivity contribution is 6.76. The number of piperidine rings is 1. The van der Waals surface area contributed by atoms with Crippen LogP contribution in [0.1, 0.15) is 33.6 Å². The molecule has 1 aromatic carbocycles. The molecule has 1 aromatic heterocycles. The number of hydrogen-bond donors (Lipinski definition) is 1. The number of fused-ring (bicyclic) bond motifs is 1. The Bertz CT molecular complexity index is 1130. The summed E-state index contributed by atoms with van der Waals surface area (Å²) in [6.07, 6.45) is 1.71. The Labute approximate surface area is 215 Å². The van der Waals surface area contributed by atoms with E-state index in [0.717, 1.165) is 29.2 Å². The van der Waals surface area contributed by atoms with Gasteiger partial charge in [0, 0.05) is 51.3 Å². The lowest BCUT2D eigenvalue weighted by atomic mass is 9.83. The lowest BCUT2D eigenvalue weighted by Crippen LogP contribution is -2.59. The van der Waals surface area contributed by atoms with E-state index in [9.17, 15) is 14.7 Å². The van der Waals surface area contributed by atoms with Crippen LogP contribution in [0.3, 0.4) is 0 Å². The van der Waals surface area contributed by atoms with Crippen molar-refractivity contribution >= 4 is 36.7 Å². The Hall–Kier alpha value is -2.59. The molecule has 198 valence electrons. The lowest BCUT2D eigenvalue weighted by molar-refractivity contribution is -0.134. The van der Waals surface area contributed by atoms with Gasteiger partial charge >= 0.3 is 6.09 Å². The van der Waals surface area contributed by atoms with Crippen molar-refractivity contribution in [2.24, 2.45) is 5.41 Å². The predicted octanol–water partition coefficient (Wildman–Crippen LogP) is 4.51. The molecule has 2 aliphatic heterocycles. The second kappa shape index (κ2) is 9.37. The van der Waals surface area contributed by atoms with Crippen molar-refractivity contribution < 1.29 is 19.4 Å². The normalized spacial score (nSPS) is 20.7. The summed E-state index contributed by atoms with van der Waals surface area (Å²) >= 11 is 0. The van der Waals surface area contributed by atoms with E-state index in [-0.39, 0.29) is 17.5 Å². The highest BCUT2D eigenvalue weighted by Crippen LogP contribution is 2.47. The van der Waals surface area contributed by atoms with E-state index in [1.807, 2.05) is 22.8 Å². The molecule has 1 unspecified atom stereocenters. The Morgan fingerprint density at radius 1 is 1.22 bits per heavy atom. The molecular formula is C26H41N5O4Si. The number of carbonyl (C=O) groups is 2. The molecule has 1 N–H and O–H groups in total. The van der Waals surface area contributed by atoms with Crippen molar-refractivity contribution in [3.05, 3.63) is 24.4 Å². The van der Waals surface area contributed by atoms with E-state index < -0.39 is 19.7 Å². The number of anilines is 1. The molecule has 0 radical (unpaired) electrons. The second-order valence-corrected chi connectivity index (χ2v) is 18.2. The van der Waals surface area contributed by atoms with Crippen LogP contribution in [-0.2, 0) is 16.3 Å². The third-order valence-corrected chi connectivity index (χ3v) is 9.24. The monoisotopic (exact) mass is 515 g/mol. The average Bonchev–Trinajstić information content (AvgIpc) is 3.28. The van der Waals surface area contributed by atoms with Crippen LogP contribution in [0.15, 0.2) is 24.4 Å². The van der Waals surface area contributed by atoms with E-state index in [2.05, 4.69) is 68.6 Å². The maximum atomic E-state index is 13.8. The zero-order valence-electron chi connectivity index (χ0n) is 22.7.